The number of imidazole rings is 3. The van der Waals surface area contributed by atoms with E-state index in [-0.39, 0.29) is 141 Å². The van der Waals surface area contributed by atoms with Crippen molar-refractivity contribution in [1.29, 1.82) is 0 Å². The first kappa shape index (κ1) is 84.8. The number of rotatable bonds is 18. The first-order chi connectivity index (χ1) is 60.4. The average molecular weight is 1780 g/mol. The first-order valence-corrected chi connectivity index (χ1v) is 39.7. The molecule has 3 aliphatic heterocycles. The zero-order valence-corrected chi connectivity index (χ0v) is 67.8. The first-order valence-electron chi connectivity index (χ1n) is 38.6. The van der Waals surface area contributed by atoms with Gasteiger partial charge in [0.15, 0.2) is 40.5 Å². The highest BCUT2D eigenvalue weighted by atomic mass is 35.5. The number of hydrogen-bond donors (Lipinski definition) is 9. The minimum atomic E-state index is -1.49. The van der Waals surface area contributed by atoms with Crippen LogP contribution in [-0.4, -0.2) is 183 Å². The molecule has 15 aromatic rings. The molecular weight excluding hydrogens is 1710 g/mol. The number of aromatic amines is 2. The molecule has 9 aromatic carbocycles. The van der Waals surface area contributed by atoms with Crippen LogP contribution in [0.5, 0.6) is 0 Å². The fourth-order valence-electron chi connectivity index (χ4n) is 15.9. The number of amides is 9. The number of aryl methyl sites for hydroxylation is 1. The molecule has 18 rings (SSSR count). The molecule has 0 saturated carbocycles. The van der Waals surface area contributed by atoms with Crippen molar-refractivity contribution in [2.24, 2.45) is 24.2 Å². The number of hydrogen-bond acceptors (Lipinski definition) is 16. The van der Waals surface area contributed by atoms with E-state index >= 15 is 13.2 Å². The van der Waals surface area contributed by atoms with Crippen molar-refractivity contribution in [2.75, 3.05) is 41.3 Å². The lowest BCUT2D eigenvalue weighted by molar-refractivity contribution is -0.137. The van der Waals surface area contributed by atoms with Crippen LogP contribution in [0, 0.1) is 23.5 Å². The lowest BCUT2D eigenvalue weighted by atomic mass is 10.0. The lowest BCUT2D eigenvalue weighted by Crippen LogP contribution is -2.44. The molecule has 13 N–H and O–H groups in total. The van der Waals surface area contributed by atoms with Crippen molar-refractivity contribution < 1.29 is 73.9 Å². The molecule has 0 spiro atoms. The predicted octanol–water partition coefficient (Wildman–Crippen LogP) is 11.9. The van der Waals surface area contributed by atoms with Gasteiger partial charge in [0.1, 0.15) is 72.8 Å². The Bertz CT molecular complexity index is 6460. The zero-order valence-electron chi connectivity index (χ0n) is 65.6. The molecule has 6 atom stereocenters. The van der Waals surface area contributed by atoms with Crippen molar-refractivity contribution in [2.45, 2.75) is 75.5 Å². The summed E-state index contributed by atoms with van der Waals surface area (Å²) in [7, 11) is 1.82. The smallest absolute Gasteiger partial charge is 0.287 e. The van der Waals surface area contributed by atoms with Gasteiger partial charge in [-0.3, -0.25) is 57.2 Å². The number of benzene rings is 9. The van der Waals surface area contributed by atoms with E-state index in [1.54, 1.807) is 114 Å². The van der Waals surface area contributed by atoms with Crippen LogP contribution in [0.1, 0.15) is 50.7 Å². The number of halogens is 10. The normalized spacial score (nSPS) is 16.8. The number of nitrogen functional groups attached to an aromatic ring is 1. The molecule has 642 valence electrons. The third kappa shape index (κ3) is 16.3. The monoisotopic (exact) mass is 1780 g/mol. The second kappa shape index (κ2) is 34.5. The maximum absolute atomic E-state index is 15.7. The van der Waals surface area contributed by atoms with Gasteiger partial charge in [0.05, 0.1) is 91.2 Å². The molecule has 3 aliphatic rings. The summed E-state index contributed by atoms with van der Waals surface area (Å²) in [6.45, 7) is -2.11. The van der Waals surface area contributed by atoms with Gasteiger partial charge in [0.2, 0.25) is 35.4 Å². The molecule has 6 aromatic heterocycles. The Morgan fingerprint density at radius 3 is 1.11 bits per heavy atom. The minimum absolute atomic E-state index is 0.00450. The number of primary amides is 3. The van der Waals surface area contributed by atoms with Crippen molar-refractivity contribution >= 4 is 177 Å². The number of carbonyl (C=O) groups excluding carboxylic acids is 9. The second-order valence-corrected chi connectivity index (χ2v) is 30.9. The van der Waals surface area contributed by atoms with E-state index in [1.807, 2.05) is 7.05 Å². The average Bonchev–Trinajstić information content (AvgIpc) is 1.62. The number of anilines is 4. The summed E-state index contributed by atoms with van der Waals surface area (Å²) >= 11 is 19.5. The van der Waals surface area contributed by atoms with Crippen LogP contribution in [0.2, 0.25) is 15.1 Å². The van der Waals surface area contributed by atoms with Gasteiger partial charge in [-0.05, 0) is 54.6 Å². The predicted molar refractivity (Wildman–Crippen MR) is 454 cm³/mol. The standard InChI is InChI=1S/C29H24ClF2N7O3.C28H21ClF3N7O3.C28H23ClF2N8O3/c1-37-14-34-27-21(37)10-9-16(24(27)30)17-6-4-7-19(25(17)32)35-29(42)22-11-15(31)12-38(22)23(40)13-39-20-8-3-2-5-18(20)26(36-39)28(33)41;29-22-14(8-9-18-25(22)36-28(32)35-18)15-5-3-6-17(23(15)31)34-27(42)20-10-13(30)11-38(20)21(40)12-39-19-7-2-1-4-16(19)24(37-39)26(33)41;29-22-14(8-9-18-25(22)36-28(33)35-18)15-5-3-6-17(23(15)31)34-27(42)20-10-13(30)11-38(20)21(40)12-39-19-7-2-1-4-16(19)24(37-39)26(32)41/h2-10,14-15,22H,11-13H2,1H3,(H2,33,41)(H,35,42);1-9,13,20H,10-12H2,(H2,33,41)(H,34,42)(H,35,36);1-9,13,20H,10-12H2,(H2,32,41)(H,34,42)(H3,33,35,36)/t15-,22+;2*13-,20+/m111/s1. The van der Waals surface area contributed by atoms with E-state index in [2.05, 4.69) is 56.2 Å². The summed E-state index contributed by atoms with van der Waals surface area (Å²) in [6, 6.07) is 39.2. The topological polar surface area (TPSA) is 432 Å². The molecular formula is C85H68Cl3F7N22O9. The minimum Gasteiger partial charge on any atom is -0.369 e. The number of carbonyl (C=O) groups is 9. The summed E-state index contributed by atoms with van der Waals surface area (Å²) in [5.41, 5.74) is 26.7. The van der Waals surface area contributed by atoms with E-state index in [9.17, 15) is 60.7 Å². The Hall–Kier alpha value is -14.8. The molecule has 0 bridgehead atoms. The number of fused-ring (bicyclic) bond motifs is 6. The van der Waals surface area contributed by atoms with E-state index in [1.165, 1.54) is 74.7 Å². The van der Waals surface area contributed by atoms with Gasteiger partial charge in [-0.2, -0.15) is 19.7 Å². The largest absolute Gasteiger partial charge is 0.369 e. The third-order valence-corrected chi connectivity index (χ3v) is 22.9. The van der Waals surface area contributed by atoms with Crippen molar-refractivity contribution in [3.63, 3.8) is 0 Å². The Labute approximate surface area is 720 Å². The number of alkyl halides is 3. The van der Waals surface area contributed by atoms with Crippen LogP contribution >= 0.6 is 34.8 Å². The van der Waals surface area contributed by atoms with Gasteiger partial charge in [-0.1, -0.05) is 144 Å². The summed E-state index contributed by atoms with van der Waals surface area (Å²) < 4.78 is 110. The van der Waals surface area contributed by atoms with Crippen LogP contribution in [0.3, 0.4) is 0 Å². The van der Waals surface area contributed by atoms with Crippen molar-refractivity contribution in [1.82, 2.24) is 73.5 Å². The van der Waals surface area contributed by atoms with E-state index in [4.69, 9.17) is 57.7 Å². The third-order valence-electron chi connectivity index (χ3n) is 21.8. The molecule has 9 amide bonds. The van der Waals surface area contributed by atoms with E-state index in [0.29, 0.717) is 65.9 Å². The Kier molecular flexibility index (Phi) is 23.2. The van der Waals surface area contributed by atoms with Gasteiger partial charge in [0.25, 0.3) is 23.8 Å². The molecule has 41 heteroatoms. The molecule has 0 radical (unpaired) electrons. The van der Waals surface area contributed by atoms with Gasteiger partial charge in [-0.15, -0.1) is 0 Å². The highest BCUT2D eigenvalue weighted by molar-refractivity contribution is 6.39. The Morgan fingerprint density at radius 1 is 0.413 bits per heavy atom. The van der Waals surface area contributed by atoms with Crippen LogP contribution in [0.4, 0.5) is 53.7 Å². The number of para-hydroxylation sites is 3. The number of likely N-dealkylation sites (tertiary alicyclic amines) is 3. The summed E-state index contributed by atoms with van der Waals surface area (Å²) in [5.74, 6) is -8.61. The van der Waals surface area contributed by atoms with Crippen LogP contribution in [0.25, 0.3) is 99.2 Å². The molecule has 0 unspecified atom stereocenters. The number of H-pyrrole nitrogens is 2. The molecule has 0 aliphatic carbocycles. The lowest BCUT2D eigenvalue weighted by Gasteiger charge is -2.24. The number of nitrogens with one attached hydrogen (secondary N) is 5. The number of nitrogens with two attached hydrogens (primary N) is 4. The second-order valence-electron chi connectivity index (χ2n) is 29.8. The number of aromatic nitrogens is 12. The van der Waals surface area contributed by atoms with Gasteiger partial charge in [0, 0.05) is 75.8 Å². The summed E-state index contributed by atoms with van der Waals surface area (Å²) in [5, 5.41) is 21.8. The SMILES string of the molecule is Cn1cnc2c(Cl)c(-c3cccc(NC(=O)[C@@H]4C[C@@H](F)CN4C(=O)Cn4nc(C(N)=O)c5ccccc54)c3F)ccc21.NC(=O)c1nn(CC(=O)N2C[C@H](F)C[C@H]2C(=O)Nc2cccc(-c3ccc4[nH]c(F)nc4c3Cl)c2F)c2ccccc12.NC(=O)c1nn(CC(=O)N2C[C@H](F)C[C@H]2C(=O)Nc2cccc(-c3ccc4[nH]c(N)nc4c3Cl)c2F)c2ccccc12. The molecule has 3 saturated heterocycles. The molecule has 126 heavy (non-hydrogen) atoms. The zero-order chi connectivity index (χ0) is 89.1. The fraction of sp³-hybridized carbons (Fsp3) is 0.188. The number of nitrogens with zero attached hydrogens (tertiary/aromatic N) is 13. The maximum atomic E-state index is 15.7. The maximum Gasteiger partial charge on any atom is 0.287 e. The van der Waals surface area contributed by atoms with Crippen LogP contribution < -0.4 is 38.9 Å². The van der Waals surface area contributed by atoms with Crippen molar-refractivity contribution in [3.05, 3.63) is 226 Å². The van der Waals surface area contributed by atoms with Gasteiger partial charge in [-0.25, -0.2) is 41.3 Å². The van der Waals surface area contributed by atoms with Crippen LogP contribution in [0.15, 0.2) is 170 Å². The van der Waals surface area contributed by atoms with E-state index < -0.39 is 113 Å². The molecule has 9 heterocycles. The molecule has 31 nitrogen and oxygen atoms in total. The Balaban J connectivity index is 0.000000139. The quantitative estimate of drug-likeness (QED) is 0.0360. The van der Waals surface area contributed by atoms with Gasteiger partial charge < -0.3 is 68.1 Å². The highest BCUT2D eigenvalue weighted by Gasteiger charge is 2.44. The highest BCUT2D eigenvalue weighted by Crippen LogP contribution is 2.42. The molecule has 3 fully saturated rings. The van der Waals surface area contributed by atoms with Crippen molar-refractivity contribution in [3.8, 4) is 33.4 Å². The van der Waals surface area contributed by atoms with Gasteiger partial charge >= 0.3 is 0 Å². The summed E-state index contributed by atoms with van der Waals surface area (Å²) in [6.07, 6.45) is -4.48. The Morgan fingerprint density at radius 2 is 0.746 bits per heavy atom. The van der Waals surface area contributed by atoms with E-state index in [0.717, 1.165) is 20.2 Å². The summed E-state index contributed by atoms with van der Waals surface area (Å²) in [4.78, 5) is 136. The fourth-order valence-corrected chi connectivity index (χ4v) is 16.8. The van der Waals surface area contributed by atoms with Crippen LogP contribution in [-0.2, 0) is 55.4 Å².